The Morgan fingerprint density at radius 1 is 1.04 bits per heavy atom. The number of carbonyl (C=O) groups excluding carboxylic acids is 2. The number of nitrogens with one attached hydrogen (secondary N) is 2. The zero-order valence-electron chi connectivity index (χ0n) is 14.6. The van der Waals surface area contributed by atoms with Crippen LogP contribution in [-0.2, 0) is 6.54 Å². The molecule has 3 aromatic rings. The number of hydrogen-bond donors (Lipinski definition) is 2. The number of halogens is 1. The number of Topliss-reactive ketones (excluding diaryl/α,β-unsaturated/α-hetero) is 1. The van der Waals surface area contributed by atoms with E-state index in [1.54, 1.807) is 42.5 Å². The summed E-state index contributed by atoms with van der Waals surface area (Å²) in [4.78, 5) is 31.6. The van der Waals surface area contributed by atoms with Crippen molar-refractivity contribution < 1.29 is 14.0 Å². The largest absolute Gasteiger partial charge is 0.347 e. The van der Waals surface area contributed by atoms with Crippen LogP contribution in [0.3, 0.4) is 0 Å². The van der Waals surface area contributed by atoms with Crippen molar-refractivity contribution in [2.75, 3.05) is 5.32 Å². The van der Waals surface area contributed by atoms with Crippen molar-refractivity contribution in [3.63, 3.8) is 0 Å². The number of rotatable bonds is 6. The summed E-state index contributed by atoms with van der Waals surface area (Å²) in [5, 5.41) is 5.68. The first-order valence-electron chi connectivity index (χ1n) is 8.24. The maximum absolute atomic E-state index is 13.6. The molecule has 0 atom stereocenters. The second-order valence-corrected chi connectivity index (χ2v) is 5.82. The molecule has 1 aromatic heterocycles. The third-order valence-corrected chi connectivity index (χ3v) is 3.86. The molecule has 0 fully saturated rings. The minimum Gasteiger partial charge on any atom is -0.347 e. The first-order valence-corrected chi connectivity index (χ1v) is 8.24. The van der Waals surface area contributed by atoms with Crippen molar-refractivity contribution in [2.45, 2.75) is 13.5 Å². The summed E-state index contributed by atoms with van der Waals surface area (Å²) < 4.78 is 13.6. The third-order valence-electron chi connectivity index (χ3n) is 3.86. The van der Waals surface area contributed by atoms with Crippen LogP contribution in [0.5, 0.6) is 0 Å². The maximum atomic E-state index is 13.6. The molecule has 136 valence electrons. The van der Waals surface area contributed by atoms with E-state index in [1.807, 2.05) is 0 Å². The predicted molar refractivity (Wildman–Crippen MR) is 99.3 cm³/mol. The first-order chi connectivity index (χ1) is 13.0. The van der Waals surface area contributed by atoms with Crippen LogP contribution in [0.25, 0.3) is 0 Å². The van der Waals surface area contributed by atoms with Gasteiger partial charge in [-0.2, -0.15) is 0 Å². The van der Waals surface area contributed by atoms with Gasteiger partial charge in [0.05, 0.1) is 0 Å². The molecule has 27 heavy (non-hydrogen) atoms. The Kier molecular flexibility index (Phi) is 5.51. The molecule has 0 saturated heterocycles. The van der Waals surface area contributed by atoms with Crippen LogP contribution in [0.4, 0.5) is 15.9 Å². The number of aromatic nitrogens is 2. The summed E-state index contributed by atoms with van der Waals surface area (Å²) in [6, 6.07) is 14.6. The Morgan fingerprint density at radius 3 is 2.48 bits per heavy atom. The number of nitrogens with zero attached hydrogens (tertiary/aromatic N) is 2. The average Bonchev–Trinajstić information content (AvgIpc) is 2.68. The van der Waals surface area contributed by atoms with E-state index in [0.717, 1.165) is 5.69 Å². The highest BCUT2D eigenvalue weighted by Crippen LogP contribution is 2.16. The minimum atomic E-state index is -0.435. The molecule has 1 amide bonds. The van der Waals surface area contributed by atoms with E-state index in [9.17, 15) is 14.0 Å². The molecule has 0 saturated carbocycles. The fourth-order valence-electron chi connectivity index (χ4n) is 2.39. The first kappa shape index (κ1) is 18.2. The van der Waals surface area contributed by atoms with Gasteiger partial charge in [-0.3, -0.25) is 9.59 Å². The molecular formula is C20H17FN4O2. The summed E-state index contributed by atoms with van der Waals surface area (Å²) in [5.74, 6) is -0.401. The summed E-state index contributed by atoms with van der Waals surface area (Å²) in [6.45, 7) is 1.56. The molecule has 0 aliphatic heterocycles. The molecule has 0 spiro atoms. The molecule has 2 aromatic carbocycles. The summed E-state index contributed by atoms with van der Waals surface area (Å²) in [5.41, 5.74) is 1.88. The van der Waals surface area contributed by atoms with Gasteiger partial charge in [-0.1, -0.05) is 18.2 Å². The smallest absolute Gasteiger partial charge is 0.270 e. The van der Waals surface area contributed by atoms with E-state index in [0.29, 0.717) is 16.9 Å². The van der Waals surface area contributed by atoms with E-state index in [-0.39, 0.29) is 23.8 Å². The molecule has 0 radical (unpaired) electrons. The van der Waals surface area contributed by atoms with E-state index >= 15 is 0 Å². The van der Waals surface area contributed by atoms with E-state index in [2.05, 4.69) is 20.6 Å². The molecule has 0 bridgehead atoms. The highest BCUT2D eigenvalue weighted by molar-refractivity contribution is 5.94. The number of amides is 1. The third kappa shape index (κ3) is 4.72. The van der Waals surface area contributed by atoms with E-state index in [1.165, 1.54) is 25.4 Å². The van der Waals surface area contributed by atoms with Crippen LogP contribution in [0, 0.1) is 5.82 Å². The number of carbonyl (C=O) groups is 2. The second kappa shape index (κ2) is 8.18. The van der Waals surface area contributed by atoms with Gasteiger partial charge in [0, 0.05) is 29.4 Å². The number of hydrogen-bond acceptors (Lipinski definition) is 5. The minimum absolute atomic E-state index is 0.0163. The molecule has 0 aliphatic rings. The zero-order chi connectivity index (χ0) is 19.2. The van der Waals surface area contributed by atoms with E-state index in [4.69, 9.17) is 0 Å². The van der Waals surface area contributed by atoms with Gasteiger partial charge in [-0.15, -0.1) is 0 Å². The van der Waals surface area contributed by atoms with Gasteiger partial charge in [0.15, 0.2) is 5.78 Å². The van der Waals surface area contributed by atoms with Crippen LogP contribution in [0.15, 0.2) is 60.9 Å². The highest BCUT2D eigenvalue weighted by Gasteiger charge is 2.10. The van der Waals surface area contributed by atoms with Crippen LogP contribution in [-0.4, -0.2) is 21.7 Å². The lowest BCUT2D eigenvalue weighted by Gasteiger charge is -2.08. The van der Waals surface area contributed by atoms with Crippen molar-refractivity contribution >= 4 is 23.2 Å². The van der Waals surface area contributed by atoms with E-state index < -0.39 is 5.91 Å². The summed E-state index contributed by atoms with van der Waals surface area (Å²) in [6.07, 6.45) is 1.27. The van der Waals surface area contributed by atoms with Crippen molar-refractivity contribution in [3.05, 3.63) is 83.6 Å². The predicted octanol–water partition coefficient (Wildman–Crippen LogP) is 3.49. The Morgan fingerprint density at radius 2 is 1.78 bits per heavy atom. The number of anilines is 2. The lowest BCUT2D eigenvalue weighted by atomic mass is 10.1. The normalized spacial score (nSPS) is 10.3. The monoisotopic (exact) mass is 364 g/mol. The fourth-order valence-corrected chi connectivity index (χ4v) is 2.39. The van der Waals surface area contributed by atoms with Gasteiger partial charge in [-0.25, -0.2) is 14.4 Å². The van der Waals surface area contributed by atoms with Gasteiger partial charge >= 0.3 is 0 Å². The zero-order valence-corrected chi connectivity index (χ0v) is 14.6. The lowest BCUT2D eigenvalue weighted by molar-refractivity contribution is 0.0944. The number of ketones is 1. The molecular weight excluding hydrogens is 347 g/mol. The second-order valence-electron chi connectivity index (χ2n) is 5.82. The molecule has 0 unspecified atom stereocenters. The quantitative estimate of drug-likeness (QED) is 0.654. The van der Waals surface area contributed by atoms with Gasteiger partial charge in [0.1, 0.15) is 23.7 Å². The molecule has 6 nitrogen and oxygen atoms in total. The average molecular weight is 364 g/mol. The van der Waals surface area contributed by atoms with Gasteiger partial charge in [0.25, 0.3) is 5.91 Å². The Balaban J connectivity index is 1.66. The fraction of sp³-hybridized carbons (Fsp3) is 0.100. The standard InChI is InChI=1S/C20H17FN4O2/c1-13(26)14-6-8-16(9-7-14)25-19-10-18(23-12-24-19)20(27)22-11-15-4-2-3-5-17(15)21/h2-10,12H,11H2,1H3,(H,22,27)(H,23,24,25). The lowest BCUT2D eigenvalue weighted by Crippen LogP contribution is -2.24. The van der Waals surface area contributed by atoms with Crippen LogP contribution >= 0.6 is 0 Å². The molecule has 3 rings (SSSR count). The Hall–Kier alpha value is -3.61. The Labute approximate surface area is 155 Å². The maximum Gasteiger partial charge on any atom is 0.270 e. The highest BCUT2D eigenvalue weighted by atomic mass is 19.1. The van der Waals surface area contributed by atoms with Crippen molar-refractivity contribution in [3.8, 4) is 0 Å². The van der Waals surface area contributed by atoms with Crippen molar-refractivity contribution in [1.29, 1.82) is 0 Å². The topological polar surface area (TPSA) is 84.0 Å². The summed E-state index contributed by atoms with van der Waals surface area (Å²) in [7, 11) is 0. The van der Waals surface area contributed by atoms with Crippen LogP contribution < -0.4 is 10.6 Å². The van der Waals surface area contributed by atoms with Gasteiger partial charge in [-0.05, 0) is 37.3 Å². The molecule has 0 aliphatic carbocycles. The molecule has 2 N–H and O–H groups in total. The number of benzene rings is 2. The Bertz CT molecular complexity index is 974. The van der Waals surface area contributed by atoms with Gasteiger partial charge in [0.2, 0.25) is 0 Å². The van der Waals surface area contributed by atoms with Crippen LogP contribution in [0.2, 0.25) is 0 Å². The van der Waals surface area contributed by atoms with Crippen molar-refractivity contribution in [1.82, 2.24) is 15.3 Å². The summed E-state index contributed by atoms with van der Waals surface area (Å²) >= 11 is 0. The van der Waals surface area contributed by atoms with Crippen LogP contribution in [0.1, 0.15) is 33.3 Å². The molecule has 1 heterocycles. The van der Waals surface area contributed by atoms with Crippen molar-refractivity contribution in [2.24, 2.45) is 0 Å². The SMILES string of the molecule is CC(=O)c1ccc(Nc2cc(C(=O)NCc3ccccc3F)ncn2)cc1. The molecule has 7 heteroatoms. The van der Waals surface area contributed by atoms with Gasteiger partial charge < -0.3 is 10.6 Å².